The minimum Gasteiger partial charge on any atom is -0.466 e. The summed E-state index contributed by atoms with van der Waals surface area (Å²) in [6.45, 7) is 3.23. The number of amides is 2. The number of aromatic nitrogens is 1. The van der Waals surface area contributed by atoms with Crippen LogP contribution in [-0.4, -0.2) is 41.6 Å². The number of nitrogens with one attached hydrogen (secondary N) is 1. The van der Waals surface area contributed by atoms with E-state index in [1.807, 2.05) is 0 Å². The number of anilines is 1. The maximum atomic E-state index is 12.0. The molecule has 7 heteroatoms. The van der Waals surface area contributed by atoms with Gasteiger partial charge in [0.2, 0.25) is 0 Å². The summed E-state index contributed by atoms with van der Waals surface area (Å²) in [5.41, 5.74) is 0. The molecular formula is C12H17N3O3S. The molecule has 1 atom stereocenters. The van der Waals surface area contributed by atoms with E-state index >= 15 is 0 Å². The van der Waals surface area contributed by atoms with Gasteiger partial charge in [-0.1, -0.05) is 0 Å². The Bertz CT molecular complexity index is 435. The van der Waals surface area contributed by atoms with Gasteiger partial charge in [-0.2, -0.15) is 0 Å². The Morgan fingerprint density at radius 3 is 3.16 bits per heavy atom. The van der Waals surface area contributed by atoms with Crippen LogP contribution >= 0.6 is 11.3 Å². The lowest BCUT2D eigenvalue weighted by molar-refractivity contribution is -0.149. The second-order valence-corrected chi connectivity index (χ2v) is 5.20. The molecule has 1 unspecified atom stereocenters. The zero-order valence-electron chi connectivity index (χ0n) is 10.8. The molecule has 2 rings (SSSR count). The van der Waals surface area contributed by atoms with Gasteiger partial charge in [-0.25, -0.2) is 9.78 Å². The van der Waals surface area contributed by atoms with Crippen molar-refractivity contribution in [3.63, 3.8) is 0 Å². The fraction of sp³-hybridized carbons (Fsp3) is 0.583. The number of ether oxygens (including phenoxy) is 1. The van der Waals surface area contributed by atoms with Crippen molar-refractivity contribution in [3.8, 4) is 0 Å². The van der Waals surface area contributed by atoms with E-state index < -0.39 is 0 Å². The zero-order chi connectivity index (χ0) is 13.7. The predicted molar refractivity (Wildman–Crippen MR) is 72.1 cm³/mol. The van der Waals surface area contributed by atoms with Gasteiger partial charge in [-0.05, 0) is 19.8 Å². The van der Waals surface area contributed by atoms with E-state index in [1.165, 1.54) is 11.3 Å². The minimum atomic E-state index is -0.214. The van der Waals surface area contributed by atoms with Crippen molar-refractivity contribution in [1.29, 1.82) is 0 Å². The molecule has 1 fully saturated rings. The topological polar surface area (TPSA) is 71.5 Å². The summed E-state index contributed by atoms with van der Waals surface area (Å²) >= 11 is 1.37. The van der Waals surface area contributed by atoms with Crippen LogP contribution in [0.25, 0.3) is 0 Å². The number of esters is 1. The summed E-state index contributed by atoms with van der Waals surface area (Å²) in [5, 5.41) is 5.10. The molecule has 0 aliphatic carbocycles. The van der Waals surface area contributed by atoms with Gasteiger partial charge in [0.1, 0.15) is 0 Å². The number of carbonyl (C=O) groups excluding carboxylic acids is 2. The van der Waals surface area contributed by atoms with Gasteiger partial charge in [0.25, 0.3) is 0 Å². The number of likely N-dealkylation sites (tertiary alicyclic amines) is 1. The van der Waals surface area contributed by atoms with Crippen LogP contribution in [0.3, 0.4) is 0 Å². The smallest absolute Gasteiger partial charge is 0.323 e. The molecule has 19 heavy (non-hydrogen) atoms. The van der Waals surface area contributed by atoms with Crippen molar-refractivity contribution in [3.05, 3.63) is 11.6 Å². The van der Waals surface area contributed by atoms with Crippen molar-refractivity contribution < 1.29 is 14.3 Å². The molecule has 1 N–H and O–H groups in total. The van der Waals surface area contributed by atoms with E-state index in [0.29, 0.717) is 24.8 Å². The zero-order valence-corrected chi connectivity index (χ0v) is 11.6. The lowest BCUT2D eigenvalue weighted by Gasteiger charge is -2.31. The fourth-order valence-electron chi connectivity index (χ4n) is 2.07. The first kappa shape index (κ1) is 13.8. The molecule has 1 aliphatic rings. The van der Waals surface area contributed by atoms with Gasteiger partial charge < -0.3 is 9.64 Å². The second-order valence-electron chi connectivity index (χ2n) is 4.30. The van der Waals surface area contributed by atoms with Crippen molar-refractivity contribution in [2.24, 2.45) is 5.92 Å². The van der Waals surface area contributed by atoms with E-state index in [1.54, 1.807) is 23.4 Å². The lowest BCUT2D eigenvalue weighted by atomic mass is 9.98. The maximum Gasteiger partial charge on any atom is 0.323 e. The van der Waals surface area contributed by atoms with Crippen LogP contribution in [0.4, 0.5) is 9.93 Å². The highest BCUT2D eigenvalue weighted by Gasteiger charge is 2.29. The quantitative estimate of drug-likeness (QED) is 0.861. The SMILES string of the molecule is CCOC(=O)C1CCCN(C(=O)Nc2nccs2)C1. The number of carbonyl (C=O) groups is 2. The van der Waals surface area contributed by atoms with E-state index in [9.17, 15) is 9.59 Å². The third-order valence-corrected chi connectivity index (χ3v) is 3.66. The molecule has 0 aromatic carbocycles. The number of thiazole rings is 1. The van der Waals surface area contributed by atoms with Crippen LogP contribution in [0.15, 0.2) is 11.6 Å². The summed E-state index contributed by atoms with van der Waals surface area (Å²) in [7, 11) is 0. The number of hydrogen-bond donors (Lipinski definition) is 1. The Morgan fingerprint density at radius 1 is 1.63 bits per heavy atom. The van der Waals surface area contributed by atoms with E-state index in [2.05, 4.69) is 10.3 Å². The van der Waals surface area contributed by atoms with Gasteiger partial charge in [-0.3, -0.25) is 10.1 Å². The summed E-state index contributed by atoms with van der Waals surface area (Å²) < 4.78 is 5.01. The van der Waals surface area contributed by atoms with Crippen LogP contribution in [0.1, 0.15) is 19.8 Å². The first-order chi connectivity index (χ1) is 9.20. The van der Waals surface area contributed by atoms with Crippen molar-refractivity contribution in [2.75, 3.05) is 25.0 Å². The lowest BCUT2D eigenvalue weighted by Crippen LogP contribution is -2.44. The number of nitrogens with zero attached hydrogens (tertiary/aromatic N) is 2. The van der Waals surface area contributed by atoms with Crippen molar-refractivity contribution in [1.82, 2.24) is 9.88 Å². The first-order valence-electron chi connectivity index (χ1n) is 6.32. The highest BCUT2D eigenvalue weighted by atomic mass is 32.1. The van der Waals surface area contributed by atoms with E-state index in [-0.39, 0.29) is 17.9 Å². The van der Waals surface area contributed by atoms with Gasteiger partial charge >= 0.3 is 12.0 Å². The largest absolute Gasteiger partial charge is 0.466 e. The molecule has 1 aromatic heterocycles. The molecule has 0 saturated carbocycles. The standard InChI is InChI=1S/C12H17N3O3S/c1-2-18-10(16)9-4-3-6-15(8-9)12(17)14-11-13-5-7-19-11/h5,7,9H,2-4,6,8H2,1H3,(H,13,14,17). The van der Waals surface area contributed by atoms with Gasteiger partial charge in [-0.15, -0.1) is 11.3 Å². The Hall–Kier alpha value is -1.63. The Labute approximate surface area is 115 Å². The van der Waals surface area contributed by atoms with Crippen LogP contribution in [0, 0.1) is 5.92 Å². The highest BCUT2D eigenvalue weighted by Crippen LogP contribution is 2.19. The van der Waals surface area contributed by atoms with Crippen LogP contribution in [0.5, 0.6) is 0 Å². The number of piperidine rings is 1. The molecular weight excluding hydrogens is 266 g/mol. The third-order valence-electron chi connectivity index (χ3n) is 2.97. The summed E-state index contributed by atoms with van der Waals surface area (Å²) in [6.07, 6.45) is 3.23. The third kappa shape index (κ3) is 3.66. The summed E-state index contributed by atoms with van der Waals surface area (Å²) in [4.78, 5) is 29.4. The van der Waals surface area contributed by atoms with Crippen molar-refractivity contribution >= 4 is 28.5 Å². The molecule has 0 radical (unpaired) electrons. The molecule has 0 bridgehead atoms. The Balaban J connectivity index is 1.89. The average molecular weight is 283 g/mol. The predicted octanol–water partition coefficient (Wildman–Crippen LogP) is 1.95. The van der Waals surface area contributed by atoms with Crippen LogP contribution in [0.2, 0.25) is 0 Å². The molecule has 1 aromatic rings. The minimum absolute atomic E-state index is 0.205. The molecule has 6 nitrogen and oxygen atoms in total. The fourth-order valence-corrected chi connectivity index (χ4v) is 2.59. The van der Waals surface area contributed by atoms with Gasteiger partial charge in [0.15, 0.2) is 5.13 Å². The molecule has 0 spiro atoms. The molecule has 2 heterocycles. The van der Waals surface area contributed by atoms with Crippen molar-refractivity contribution in [2.45, 2.75) is 19.8 Å². The van der Waals surface area contributed by atoms with Crippen LogP contribution in [-0.2, 0) is 9.53 Å². The maximum absolute atomic E-state index is 12.0. The second kappa shape index (κ2) is 6.51. The first-order valence-corrected chi connectivity index (χ1v) is 7.20. The Kier molecular flexibility index (Phi) is 4.73. The number of hydrogen-bond acceptors (Lipinski definition) is 5. The molecule has 2 amide bonds. The molecule has 104 valence electrons. The average Bonchev–Trinajstić information content (AvgIpc) is 2.92. The number of rotatable bonds is 3. The van der Waals surface area contributed by atoms with Gasteiger partial charge in [0, 0.05) is 24.7 Å². The summed E-state index contributed by atoms with van der Waals surface area (Å²) in [6, 6.07) is -0.205. The van der Waals surface area contributed by atoms with Crippen LogP contribution < -0.4 is 5.32 Å². The normalized spacial score (nSPS) is 19.0. The molecule has 1 saturated heterocycles. The van der Waals surface area contributed by atoms with Gasteiger partial charge in [0.05, 0.1) is 12.5 Å². The molecule has 1 aliphatic heterocycles. The monoisotopic (exact) mass is 283 g/mol. The van der Waals surface area contributed by atoms with E-state index in [0.717, 1.165) is 12.8 Å². The Morgan fingerprint density at radius 2 is 2.47 bits per heavy atom. The van der Waals surface area contributed by atoms with E-state index in [4.69, 9.17) is 4.74 Å². The number of urea groups is 1. The summed E-state index contributed by atoms with van der Waals surface area (Å²) in [5.74, 6) is -0.426. The highest BCUT2D eigenvalue weighted by molar-refractivity contribution is 7.13.